The summed E-state index contributed by atoms with van der Waals surface area (Å²) in [5.74, 6) is -0.202. The maximum Gasteiger partial charge on any atom is 0.311 e. The van der Waals surface area contributed by atoms with Gasteiger partial charge in [-0.3, -0.25) is 9.48 Å². The monoisotopic (exact) mass is 290 g/mol. The summed E-state index contributed by atoms with van der Waals surface area (Å²) in [6.07, 6.45) is 3.12. The zero-order chi connectivity index (χ0) is 15.0. The lowest BCUT2D eigenvalue weighted by atomic mass is 9.69. The Morgan fingerprint density at radius 3 is 2.76 bits per heavy atom. The van der Waals surface area contributed by atoms with Crippen LogP contribution in [0.15, 0.2) is 6.07 Å². The van der Waals surface area contributed by atoms with Crippen molar-refractivity contribution in [3.63, 3.8) is 0 Å². The van der Waals surface area contributed by atoms with E-state index in [-0.39, 0.29) is 0 Å². The van der Waals surface area contributed by atoms with Crippen LogP contribution >= 0.6 is 0 Å². The summed E-state index contributed by atoms with van der Waals surface area (Å²) in [6, 6.07) is 1.94. The average Bonchev–Trinajstić information content (AvgIpc) is 2.99. The predicted molar refractivity (Wildman–Crippen MR) is 73.3 cm³/mol. The highest BCUT2D eigenvalue weighted by Crippen LogP contribution is 2.43. The van der Waals surface area contributed by atoms with E-state index in [1.807, 2.05) is 20.0 Å². The molecule has 1 fully saturated rings. The van der Waals surface area contributed by atoms with Gasteiger partial charge in [0.1, 0.15) is 5.69 Å². The summed E-state index contributed by atoms with van der Waals surface area (Å²) in [4.78, 5) is 11.5. The normalized spacial score (nSPS) is 16.7. The SMILES string of the molecule is CCc1cc(-c2nnnn2CC2(C(=O)O)CCC2)n(C)n1. The third kappa shape index (κ3) is 2.20. The molecule has 21 heavy (non-hydrogen) atoms. The highest BCUT2D eigenvalue weighted by Gasteiger charge is 2.45. The van der Waals surface area contributed by atoms with Gasteiger partial charge in [-0.05, 0) is 35.8 Å². The Labute approximate surface area is 121 Å². The van der Waals surface area contributed by atoms with E-state index >= 15 is 0 Å². The molecule has 0 atom stereocenters. The first-order valence-electron chi connectivity index (χ1n) is 7.08. The number of aryl methyl sites for hydroxylation is 2. The number of rotatable bonds is 5. The van der Waals surface area contributed by atoms with E-state index in [1.54, 1.807) is 9.36 Å². The number of hydrogen-bond acceptors (Lipinski definition) is 5. The molecule has 1 saturated carbocycles. The van der Waals surface area contributed by atoms with Gasteiger partial charge in [0.25, 0.3) is 0 Å². The molecule has 0 bridgehead atoms. The van der Waals surface area contributed by atoms with Crippen LogP contribution < -0.4 is 0 Å². The zero-order valence-electron chi connectivity index (χ0n) is 12.2. The molecule has 2 heterocycles. The lowest BCUT2D eigenvalue weighted by Gasteiger charge is -2.37. The fourth-order valence-electron chi connectivity index (χ4n) is 2.73. The number of aliphatic carboxylic acids is 1. The fourth-order valence-corrected chi connectivity index (χ4v) is 2.73. The smallest absolute Gasteiger partial charge is 0.311 e. The second-order valence-corrected chi connectivity index (χ2v) is 5.60. The number of carboxylic acid groups (broad SMARTS) is 1. The number of tetrazole rings is 1. The van der Waals surface area contributed by atoms with Crippen molar-refractivity contribution in [2.45, 2.75) is 39.2 Å². The third-order valence-corrected chi connectivity index (χ3v) is 4.27. The molecule has 3 rings (SSSR count). The lowest BCUT2D eigenvalue weighted by Crippen LogP contribution is -2.42. The van der Waals surface area contributed by atoms with E-state index in [0.717, 1.165) is 24.2 Å². The van der Waals surface area contributed by atoms with Crippen LogP contribution in [0.3, 0.4) is 0 Å². The highest BCUT2D eigenvalue weighted by molar-refractivity contribution is 5.75. The molecule has 8 nitrogen and oxygen atoms in total. The van der Waals surface area contributed by atoms with E-state index < -0.39 is 11.4 Å². The molecule has 112 valence electrons. The van der Waals surface area contributed by atoms with Crippen molar-refractivity contribution < 1.29 is 9.90 Å². The van der Waals surface area contributed by atoms with Gasteiger partial charge in [0.05, 0.1) is 17.7 Å². The summed E-state index contributed by atoms with van der Waals surface area (Å²) >= 11 is 0. The molecule has 2 aromatic heterocycles. The Balaban J connectivity index is 1.94. The molecular formula is C13H18N6O2. The maximum atomic E-state index is 11.5. The van der Waals surface area contributed by atoms with Crippen LogP contribution in [0.2, 0.25) is 0 Å². The first-order chi connectivity index (χ1) is 10.1. The van der Waals surface area contributed by atoms with Gasteiger partial charge in [-0.15, -0.1) is 5.10 Å². The molecule has 0 saturated heterocycles. The molecule has 0 spiro atoms. The van der Waals surface area contributed by atoms with Crippen LogP contribution in [0.5, 0.6) is 0 Å². The van der Waals surface area contributed by atoms with Crippen molar-refractivity contribution >= 4 is 5.97 Å². The van der Waals surface area contributed by atoms with Crippen LogP contribution in [0.25, 0.3) is 11.5 Å². The Kier molecular flexibility index (Phi) is 3.23. The van der Waals surface area contributed by atoms with Crippen LogP contribution in [0.4, 0.5) is 0 Å². The van der Waals surface area contributed by atoms with Crippen molar-refractivity contribution in [3.05, 3.63) is 11.8 Å². The minimum absolute atomic E-state index is 0.303. The molecule has 0 radical (unpaired) electrons. The molecule has 0 aliphatic heterocycles. The van der Waals surface area contributed by atoms with E-state index in [1.165, 1.54) is 0 Å². The van der Waals surface area contributed by atoms with Crippen LogP contribution in [0, 0.1) is 5.41 Å². The fraction of sp³-hybridized carbons (Fsp3) is 0.615. The summed E-state index contributed by atoms with van der Waals surface area (Å²) in [6.45, 7) is 2.33. The van der Waals surface area contributed by atoms with Crippen LogP contribution in [0.1, 0.15) is 31.9 Å². The minimum atomic E-state index is -0.769. The van der Waals surface area contributed by atoms with Gasteiger partial charge in [-0.2, -0.15) is 5.10 Å². The molecule has 8 heteroatoms. The quantitative estimate of drug-likeness (QED) is 0.878. The Morgan fingerprint density at radius 1 is 1.48 bits per heavy atom. The van der Waals surface area contributed by atoms with Gasteiger partial charge in [0, 0.05) is 7.05 Å². The largest absolute Gasteiger partial charge is 0.481 e. The standard InChI is InChI=1S/C13H18N6O2/c1-3-9-7-10(18(2)15-9)11-14-16-17-19(11)8-13(12(20)21)5-4-6-13/h7H,3-6,8H2,1-2H3,(H,20,21). The second kappa shape index (κ2) is 4.94. The molecule has 0 amide bonds. The zero-order valence-corrected chi connectivity index (χ0v) is 12.2. The minimum Gasteiger partial charge on any atom is -0.481 e. The molecule has 1 N–H and O–H groups in total. The van der Waals surface area contributed by atoms with Gasteiger partial charge < -0.3 is 5.11 Å². The Morgan fingerprint density at radius 2 is 2.24 bits per heavy atom. The van der Waals surface area contributed by atoms with Gasteiger partial charge in [-0.1, -0.05) is 13.3 Å². The van der Waals surface area contributed by atoms with Crippen molar-refractivity contribution in [2.24, 2.45) is 12.5 Å². The highest BCUT2D eigenvalue weighted by atomic mass is 16.4. The summed E-state index contributed by atoms with van der Waals surface area (Å²) in [7, 11) is 1.84. The lowest BCUT2D eigenvalue weighted by molar-refractivity contribution is -0.156. The number of aromatic nitrogens is 6. The number of nitrogens with zero attached hydrogens (tertiary/aromatic N) is 6. The van der Waals surface area contributed by atoms with Crippen molar-refractivity contribution in [1.82, 2.24) is 30.0 Å². The topological polar surface area (TPSA) is 98.7 Å². The van der Waals surface area contributed by atoms with E-state index in [4.69, 9.17) is 0 Å². The van der Waals surface area contributed by atoms with Crippen LogP contribution in [-0.2, 0) is 24.8 Å². The van der Waals surface area contributed by atoms with Crippen molar-refractivity contribution in [3.8, 4) is 11.5 Å². The molecule has 2 aromatic rings. The first kappa shape index (κ1) is 13.7. The van der Waals surface area contributed by atoms with Gasteiger partial charge >= 0.3 is 5.97 Å². The predicted octanol–water partition coefficient (Wildman–Crippen LogP) is 0.891. The maximum absolute atomic E-state index is 11.5. The van der Waals surface area contributed by atoms with Crippen LogP contribution in [-0.4, -0.2) is 41.1 Å². The van der Waals surface area contributed by atoms with E-state index in [9.17, 15) is 9.90 Å². The molecule has 0 unspecified atom stereocenters. The van der Waals surface area contributed by atoms with Crippen molar-refractivity contribution in [2.75, 3.05) is 0 Å². The van der Waals surface area contributed by atoms with Gasteiger partial charge in [0.15, 0.2) is 5.82 Å². The number of carbonyl (C=O) groups is 1. The molecule has 1 aliphatic rings. The summed E-state index contributed by atoms with van der Waals surface area (Å²) < 4.78 is 3.32. The first-order valence-corrected chi connectivity index (χ1v) is 7.08. The summed E-state index contributed by atoms with van der Waals surface area (Å²) in [5, 5.41) is 25.5. The molecule has 0 aromatic carbocycles. The molecule has 1 aliphatic carbocycles. The molecular weight excluding hydrogens is 272 g/mol. The number of hydrogen-bond donors (Lipinski definition) is 1. The second-order valence-electron chi connectivity index (χ2n) is 5.60. The number of carboxylic acids is 1. The van der Waals surface area contributed by atoms with E-state index in [0.29, 0.717) is 25.2 Å². The Bertz CT molecular complexity index is 670. The summed E-state index contributed by atoms with van der Waals surface area (Å²) in [5.41, 5.74) is 1.03. The van der Waals surface area contributed by atoms with Gasteiger partial charge in [-0.25, -0.2) is 4.68 Å². The van der Waals surface area contributed by atoms with E-state index in [2.05, 4.69) is 20.6 Å². The van der Waals surface area contributed by atoms with Gasteiger partial charge in [0.2, 0.25) is 0 Å². The Hall–Kier alpha value is -2.25. The van der Waals surface area contributed by atoms with Crippen molar-refractivity contribution in [1.29, 1.82) is 0 Å². The average molecular weight is 290 g/mol. The third-order valence-electron chi connectivity index (χ3n) is 4.27.